The number of nitrogens with one attached hydrogen (secondary N) is 1. The molecule has 1 aliphatic carbocycles. The minimum absolute atomic E-state index is 0.621. The lowest BCUT2D eigenvalue weighted by Gasteiger charge is -2.10. The van der Waals surface area contributed by atoms with Crippen molar-refractivity contribution in [3.05, 3.63) is 15.6 Å². The summed E-state index contributed by atoms with van der Waals surface area (Å²) in [5.74, 6) is 0.683. The number of anilines is 1. The lowest BCUT2D eigenvalue weighted by Crippen LogP contribution is -2.05. The molecule has 3 nitrogen and oxygen atoms in total. The van der Waals surface area contributed by atoms with Crippen LogP contribution in [0.25, 0.3) is 10.2 Å². The van der Waals surface area contributed by atoms with E-state index >= 15 is 0 Å². The van der Waals surface area contributed by atoms with Gasteiger partial charge in [0.05, 0.1) is 5.39 Å². The molecule has 0 bridgehead atoms. The van der Waals surface area contributed by atoms with Gasteiger partial charge in [-0.25, -0.2) is 9.97 Å². The van der Waals surface area contributed by atoms with E-state index in [0.29, 0.717) is 11.1 Å². The number of nitrogens with zero attached hydrogens (tertiary/aromatic N) is 2. The van der Waals surface area contributed by atoms with Crippen molar-refractivity contribution in [3.8, 4) is 0 Å². The van der Waals surface area contributed by atoms with Crippen molar-refractivity contribution in [2.75, 3.05) is 11.9 Å². The van der Waals surface area contributed by atoms with Gasteiger partial charge in [0.15, 0.2) is 0 Å². The van der Waals surface area contributed by atoms with Crippen molar-refractivity contribution in [2.24, 2.45) is 0 Å². The minimum atomic E-state index is 0.621. The van der Waals surface area contributed by atoms with Crippen LogP contribution >= 0.6 is 22.9 Å². The number of aromatic nitrogens is 2. The molecule has 0 saturated heterocycles. The summed E-state index contributed by atoms with van der Waals surface area (Å²) in [6, 6.07) is 0. The first-order valence-electron chi connectivity index (χ1n) is 8.01. The summed E-state index contributed by atoms with van der Waals surface area (Å²) >= 11 is 8.22. The number of hydrogen-bond acceptors (Lipinski definition) is 4. The SMILES string of the molecule is CCCCCCNc1nc(Cl)c2c3c(sc2n1)CCCC3. The van der Waals surface area contributed by atoms with Crippen LogP contribution in [0, 0.1) is 0 Å². The third-order valence-electron chi connectivity index (χ3n) is 4.08. The zero-order chi connectivity index (χ0) is 14.7. The zero-order valence-corrected chi connectivity index (χ0v) is 14.1. The second kappa shape index (κ2) is 6.93. The van der Waals surface area contributed by atoms with Crippen molar-refractivity contribution in [3.63, 3.8) is 0 Å². The molecule has 0 fully saturated rings. The van der Waals surface area contributed by atoms with E-state index in [0.717, 1.165) is 29.6 Å². The fraction of sp³-hybridized carbons (Fsp3) is 0.625. The van der Waals surface area contributed by atoms with Crippen LogP contribution in [0.15, 0.2) is 0 Å². The van der Waals surface area contributed by atoms with Crippen LogP contribution in [0.3, 0.4) is 0 Å². The fourth-order valence-electron chi connectivity index (χ4n) is 2.94. The van der Waals surface area contributed by atoms with Crippen LogP contribution in [0.2, 0.25) is 5.15 Å². The molecular formula is C16H22ClN3S. The molecule has 114 valence electrons. The number of unbranched alkanes of at least 4 members (excludes halogenated alkanes) is 3. The van der Waals surface area contributed by atoms with E-state index in [1.165, 1.54) is 49.0 Å². The summed E-state index contributed by atoms with van der Waals surface area (Å²) < 4.78 is 0. The summed E-state index contributed by atoms with van der Waals surface area (Å²) in [5, 5.41) is 5.04. The van der Waals surface area contributed by atoms with Gasteiger partial charge in [0.1, 0.15) is 9.98 Å². The largest absolute Gasteiger partial charge is 0.354 e. The summed E-state index contributed by atoms with van der Waals surface area (Å²) in [6.07, 6.45) is 9.81. The smallest absolute Gasteiger partial charge is 0.225 e. The summed E-state index contributed by atoms with van der Waals surface area (Å²) in [4.78, 5) is 11.6. The molecular weight excluding hydrogens is 302 g/mol. The van der Waals surface area contributed by atoms with Crippen molar-refractivity contribution in [1.82, 2.24) is 9.97 Å². The van der Waals surface area contributed by atoms with Gasteiger partial charge in [0, 0.05) is 11.4 Å². The molecule has 0 saturated carbocycles. The minimum Gasteiger partial charge on any atom is -0.354 e. The van der Waals surface area contributed by atoms with Crippen molar-refractivity contribution in [2.45, 2.75) is 58.3 Å². The number of fused-ring (bicyclic) bond motifs is 3. The normalized spacial score (nSPS) is 14.4. The molecule has 0 radical (unpaired) electrons. The lowest BCUT2D eigenvalue weighted by molar-refractivity contribution is 0.683. The van der Waals surface area contributed by atoms with Gasteiger partial charge >= 0.3 is 0 Å². The number of rotatable bonds is 6. The van der Waals surface area contributed by atoms with E-state index < -0.39 is 0 Å². The summed E-state index contributed by atoms with van der Waals surface area (Å²) in [7, 11) is 0. The molecule has 3 rings (SSSR count). The van der Waals surface area contributed by atoms with Gasteiger partial charge < -0.3 is 5.32 Å². The highest BCUT2D eigenvalue weighted by atomic mass is 35.5. The molecule has 2 aromatic heterocycles. The maximum absolute atomic E-state index is 6.42. The maximum Gasteiger partial charge on any atom is 0.225 e. The molecule has 0 atom stereocenters. The highest BCUT2D eigenvalue weighted by Crippen LogP contribution is 2.38. The van der Waals surface area contributed by atoms with Crippen LogP contribution in [-0.2, 0) is 12.8 Å². The fourth-order valence-corrected chi connectivity index (χ4v) is 4.54. The third kappa shape index (κ3) is 3.32. The van der Waals surface area contributed by atoms with E-state index in [1.54, 1.807) is 11.3 Å². The second-order valence-electron chi connectivity index (χ2n) is 5.72. The predicted molar refractivity (Wildman–Crippen MR) is 91.7 cm³/mol. The Labute approximate surface area is 135 Å². The van der Waals surface area contributed by atoms with Gasteiger partial charge in [0.25, 0.3) is 0 Å². The monoisotopic (exact) mass is 323 g/mol. The molecule has 21 heavy (non-hydrogen) atoms. The van der Waals surface area contributed by atoms with E-state index in [4.69, 9.17) is 11.6 Å². The van der Waals surface area contributed by atoms with E-state index in [2.05, 4.69) is 22.2 Å². The third-order valence-corrected chi connectivity index (χ3v) is 5.54. The molecule has 1 N–H and O–H groups in total. The van der Waals surface area contributed by atoms with Crippen LogP contribution in [0.5, 0.6) is 0 Å². The highest BCUT2D eigenvalue weighted by Gasteiger charge is 2.20. The molecule has 0 amide bonds. The Morgan fingerprint density at radius 3 is 2.86 bits per heavy atom. The van der Waals surface area contributed by atoms with Gasteiger partial charge in [-0.3, -0.25) is 0 Å². The summed E-state index contributed by atoms with van der Waals surface area (Å²) in [6.45, 7) is 3.15. The van der Waals surface area contributed by atoms with Crippen LogP contribution in [-0.4, -0.2) is 16.5 Å². The van der Waals surface area contributed by atoms with E-state index in [1.807, 2.05) is 0 Å². The predicted octanol–water partition coefficient (Wildman–Crippen LogP) is 5.22. The van der Waals surface area contributed by atoms with Gasteiger partial charge in [-0.2, -0.15) is 0 Å². The Bertz CT molecular complexity index is 623. The van der Waals surface area contributed by atoms with E-state index in [-0.39, 0.29) is 0 Å². The molecule has 0 spiro atoms. The summed E-state index contributed by atoms with van der Waals surface area (Å²) in [5.41, 5.74) is 1.40. The number of thiophene rings is 1. The van der Waals surface area contributed by atoms with E-state index in [9.17, 15) is 0 Å². The van der Waals surface area contributed by atoms with Crippen LogP contribution in [0.4, 0.5) is 5.95 Å². The van der Waals surface area contributed by atoms with Crippen molar-refractivity contribution in [1.29, 1.82) is 0 Å². The Hall–Kier alpha value is -0.870. The average molecular weight is 324 g/mol. The first-order valence-corrected chi connectivity index (χ1v) is 9.20. The molecule has 0 unspecified atom stereocenters. The Morgan fingerprint density at radius 2 is 2.00 bits per heavy atom. The molecule has 2 aromatic rings. The molecule has 0 aromatic carbocycles. The Morgan fingerprint density at radius 1 is 1.14 bits per heavy atom. The van der Waals surface area contributed by atoms with Crippen LogP contribution < -0.4 is 5.32 Å². The second-order valence-corrected chi connectivity index (χ2v) is 7.16. The molecule has 2 heterocycles. The molecule has 5 heteroatoms. The molecule has 1 aliphatic rings. The standard InChI is InChI=1S/C16H22ClN3S/c1-2-3-4-7-10-18-16-19-14(17)13-11-8-5-6-9-12(11)21-15(13)20-16/h2-10H2,1H3,(H,18,19,20). The Kier molecular flexibility index (Phi) is 4.96. The van der Waals surface area contributed by atoms with Gasteiger partial charge in [0.2, 0.25) is 5.95 Å². The lowest BCUT2D eigenvalue weighted by atomic mass is 9.97. The topological polar surface area (TPSA) is 37.8 Å². The number of hydrogen-bond donors (Lipinski definition) is 1. The highest BCUT2D eigenvalue weighted by molar-refractivity contribution is 7.19. The Balaban J connectivity index is 1.76. The molecule has 0 aliphatic heterocycles. The van der Waals surface area contributed by atoms with Gasteiger partial charge in [-0.15, -0.1) is 11.3 Å². The van der Waals surface area contributed by atoms with Crippen molar-refractivity contribution < 1.29 is 0 Å². The first-order chi connectivity index (χ1) is 10.3. The zero-order valence-electron chi connectivity index (χ0n) is 12.5. The first kappa shape index (κ1) is 15.0. The number of halogens is 1. The quantitative estimate of drug-likeness (QED) is 0.585. The maximum atomic E-state index is 6.42. The van der Waals surface area contributed by atoms with Gasteiger partial charge in [-0.05, 0) is 37.7 Å². The number of aryl methyl sites for hydroxylation is 2. The van der Waals surface area contributed by atoms with Crippen LogP contribution in [0.1, 0.15) is 55.9 Å². The average Bonchev–Trinajstić information content (AvgIpc) is 2.85. The van der Waals surface area contributed by atoms with Crippen molar-refractivity contribution >= 4 is 39.1 Å². The van der Waals surface area contributed by atoms with Gasteiger partial charge in [-0.1, -0.05) is 37.8 Å².